The lowest BCUT2D eigenvalue weighted by atomic mass is 9.95. The van der Waals surface area contributed by atoms with Gasteiger partial charge in [-0.1, -0.05) is 0 Å². The van der Waals surface area contributed by atoms with Gasteiger partial charge in [0.05, 0.1) is 5.54 Å². The Balaban J connectivity index is 2.15. The molecule has 1 atom stereocenters. The molecule has 0 saturated carbocycles. The first-order valence-corrected chi connectivity index (χ1v) is 7.08. The Labute approximate surface area is 121 Å². The van der Waals surface area contributed by atoms with E-state index in [1.807, 2.05) is 24.5 Å². The van der Waals surface area contributed by atoms with Gasteiger partial charge >= 0.3 is 0 Å². The molecule has 112 valence electrons. The van der Waals surface area contributed by atoms with Crippen molar-refractivity contribution in [1.82, 2.24) is 9.88 Å². The lowest BCUT2D eigenvalue weighted by Crippen LogP contribution is -2.49. The molecule has 1 rings (SSSR count). The van der Waals surface area contributed by atoms with Gasteiger partial charge in [-0.05, 0) is 63.9 Å². The van der Waals surface area contributed by atoms with Gasteiger partial charge in [0.2, 0.25) is 5.91 Å². The maximum atomic E-state index is 11.1. The minimum absolute atomic E-state index is 0.427. The lowest BCUT2D eigenvalue weighted by molar-refractivity contribution is -0.122. The second kappa shape index (κ2) is 7.97. The first-order valence-electron chi connectivity index (χ1n) is 7.08. The van der Waals surface area contributed by atoms with E-state index < -0.39 is 11.4 Å². The third-order valence-electron chi connectivity index (χ3n) is 3.58. The van der Waals surface area contributed by atoms with Crippen molar-refractivity contribution >= 4 is 5.91 Å². The summed E-state index contributed by atoms with van der Waals surface area (Å²) in [5, 5.41) is 0. The molecule has 5 nitrogen and oxygen atoms in total. The van der Waals surface area contributed by atoms with Crippen molar-refractivity contribution in [2.24, 2.45) is 11.5 Å². The quantitative estimate of drug-likeness (QED) is 0.658. The van der Waals surface area contributed by atoms with E-state index in [0.717, 1.165) is 32.4 Å². The number of primary amides is 1. The molecule has 0 aliphatic heterocycles. The average Bonchev–Trinajstić information content (AvgIpc) is 2.42. The highest BCUT2D eigenvalue weighted by Gasteiger charge is 2.24. The molecule has 1 unspecified atom stereocenters. The number of carbonyl (C=O) groups is 1. The van der Waals surface area contributed by atoms with Crippen LogP contribution in [0.15, 0.2) is 24.5 Å². The summed E-state index contributed by atoms with van der Waals surface area (Å²) in [6, 6.07) is 4.08. The molecule has 0 saturated heterocycles. The Kier molecular flexibility index (Phi) is 6.61. The van der Waals surface area contributed by atoms with Crippen LogP contribution in [0.5, 0.6) is 0 Å². The summed E-state index contributed by atoms with van der Waals surface area (Å²) < 4.78 is 0. The van der Waals surface area contributed by atoms with Crippen molar-refractivity contribution in [3.63, 3.8) is 0 Å². The fourth-order valence-electron chi connectivity index (χ4n) is 1.98. The minimum Gasteiger partial charge on any atom is -0.368 e. The zero-order valence-corrected chi connectivity index (χ0v) is 12.5. The minimum atomic E-state index is -0.879. The molecule has 20 heavy (non-hydrogen) atoms. The van der Waals surface area contributed by atoms with E-state index in [-0.39, 0.29) is 0 Å². The number of pyridine rings is 1. The summed E-state index contributed by atoms with van der Waals surface area (Å²) in [7, 11) is 2.11. The zero-order valence-electron chi connectivity index (χ0n) is 12.5. The van der Waals surface area contributed by atoms with Gasteiger partial charge in [-0.15, -0.1) is 0 Å². The number of hydrogen-bond donors (Lipinski definition) is 2. The van der Waals surface area contributed by atoms with Crippen LogP contribution >= 0.6 is 0 Å². The highest BCUT2D eigenvalue weighted by molar-refractivity contribution is 5.83. The molecule has 1 heterocycles. The number of nitrogens with two attached hydrogens (primary N) is 2. The molecule has 0 aliphatic rings. The maximum absolute atomic E-state index is 11.1. The number of aromatic nitrogens is 1. The maximum Gasteiger partial charge on any atom is 0.237 e. The van der Waals surface area contributed by atoms with Crippen molar-refractivity contribution in [1.29, 1.82) is 0 Å². The molecule has 1 aromatic rings. The Bertz CT molecular complexity index is 406. The van der Waals surface area contributed by atoms with Crippen LogP contribution in [0.4, 0.5) is 0 Å². The summed E-state index contributed by atoms with van der Waals surface area (Å²) >= 11 is 0. The summed E-state index contributed by atoms with van der Waals surface area (Å²) in [6.45, 7) is 3.71. The van der Waals surface area contributed by atoms with Gasteiger partial charge in [0.25, 0.3) is 0 Å². The summed E-state index contributed by atoms with van der Waals surface area (Å²) in [5.41, 5.74) is 11.5. The Hall–Kier alpha value is -1.46. The first-order chi connectivity index (χ1) is 9.42. The number of rotatable bonds is 9. The van der Waals surface area contributed by atoms with Crippen molar-refractivity contribution in [3.05, 3.63) is 30.1 Å². The van der Waals surface area contributed by atoms with E-state index >= 15 is 0 Å². The van der Waals surface area contributed by atoms with Gasteiger partial charge in [0.15, 0.2) is 0 Å². The highest BCUT2D eigenvalue weighted by atomic mass is 16.1. The van der Waals surface area contributed by atoms with Crippen LogP contribution in [0.1, 0.15) is 31.7 Å². The van der Waals surface area contributed by atoms with Crippen molar-refractivity contribution < 1.29 is 4.79 Å². The molecule has 0 aliphatic carbocycles. The molecule has 5 heteroatoms. The van der Waals surface area contributed by atoms with Crippen molar-refractivity contribution in [3.8, 4) is 0 Å². The van der Waals surface area contributed by atoms with E-state index in [1.54, 1.807) is 6.92 Å². The lowest BCUT2D eigenvalue weighted by Gasteiger charge is -2.21. The number of hydrogen-bond acceptors (Lipinski definition) is 4. The number of amides is 1. The molecular weight excluding hydrogens is 252 g/mol. The van der Waals surface area contributed by atoms with Crippen LogP contribution in [0, 0.1) is 0 Å². The van der Waals surface area contributed by atoms with Gasteiger partial charge in [-0.2, -0.15) is 0 Å². The third kappa shape index (κ3) is 6.12. The molecule has 0 fully saturated rings. The molecule has 1 aromatic heterocycles. The van der Waals surface area contributed by atoms with E-state index in [2.05, 4.69) is 16.9 Å². The Morgan fingerprint density at radius 3 is 2.55 bits per heavy atom. The number of nitrogens with zero attached hydrogens (tertiary/aromatic N) is 2. The van der Waals surface area contributed by atoms with Crippen molar-refractivity contribution in [2.45, 2.75) is 38.1 Å². The molecule has 0 aromatic carbocycles. The average molecular weight is 278 g/mol. The van der Waals surface area contributed by atoms with Crippen molar-refractivity contribution in [2.75, 3.05) is 20.1 Å². The second-order valence-corrected chi connectivity index (χ2v) is 5.65. The smallest absolute Gasteiger partial charge is 0.237 e. The van der Waals surface area contributed by atoms with Crippen LogP contribution in [0.2, 0.25) is 0 Å². The Morgan fingerprint density at radius 2 is 1.95 bits per heavy atom. The fourth-order valence-corrected chi connectivity index (χ4v) is 1.98. The first kappa shape index (κ1) is 16.6. The topological polar surface area (TPSA) is 85.2 Å². The summed E-state index contributed by atoms with van der Waals surface area (Å²) in [4.78, 5) is 17.4. The molecule has 0 bridgehead atoms. The molecule has 0 spiro atoms. The largest absolute Gasteiger partial charge is 0.368 e. The summed E-state index contributed by atoms with van der Waals surface area (Å²) in [6.07, 6.45) is 7.24. The van der Waals surface area contributed by atoms with Crippen LogP contribution in [-0.2, 0) is 11.2 Å². The van der Waals surface area contributed by atoms with Gasteiger partial charge in [0.1, 0.15) is 0 Å². The standard InChI is InChI=1S/C15H26N4O/c1-15(17,14(16)20)8-3-4-11-19(2)12-7-13-5-9-18-10-6-13/h5-6,9-10H,3-4,7-8,11-12,17H2,1-2H3,(H2,16,20). The number of carbonyl (C=O) groups excluding carboxylic acids is 1. The highest BCUT2D eigenvalue weighted by Crippen LogP contribution is 2.10. The predicted octanol–water partition coefficient (Wildman–Crippen LogP) is 0.929. The van der Waals surface area contributed by atoms with E-state index in [9.17, 15) is 4.79 Å². The van der Waals surface area contributed by atoms with E-state index in [1.165, 1.54) is 5.56 Å². The number of unbranched alkanes of at least 4 members (excludes halogenated alkanes) is 1. The van der Waals surface area contributed by atoms with Crippen LogP contribution in [0.3, 0.4) is 0 Å². The summed E-state index contributed by atoms with van der Waals surface area (Å²) in [5.74, 6) is -0.427. The van der Waals surface area contributed by atoms with Crippen LogP contribution < -0.4 is 11.5 Å². The third-order valence-corrected chi connectivity index (χ3v) is 3.58. The molecular formula is C15H26N4O. The van der Waals surface area contributed by atoms with Gasteiger partial charge < -0.3 is 16.4 Å². The van der Waals surface area contributed by atoms with Crippen LogP contribution in [-0.4, -0.2) is 41.5 Å². The van der Waals surface area contributed by atoms with Gasteiger partial charge in [0, 0.05) is 18.9 Å². The zero-order chi connectivity index (χ0) is 15.0. The molecule has 0 radical (unpaired) electrons. The second-order valence-electron chi connectivity index (χ2n) is 5.65. The molecule has 1 amide bonds. The van der Waals surface area contributed by atoms with E-state index in [4.69, 9.17) is 11.5 Å². The SMILES string of the molecule is CN(CCCCC(C)(N)C(N)=O)CCc1ccncc1. The fraction of sp³-hybridized carbons (Fsp3) is 0.600. The predicted molar refractivity (Wildman–Crippen MR) is 81.1 cm³/mol. The van der Waals surface area contributed by atoms with Gasteiger partial charge in [-0.25, -0.2) is 0 Å². The van der Waals surface area contributed by atoms with Crippen LogP contribution in [0.25, 0.3) is 0 Å². The van der Waals surface area contributed by atoms with Gasteiger partial charge in [-0.3, -0.25) is 9.78 Å². The molecule has 4 N–H and O–H groups in total. The van der Waals surface area contributed by atoms with E-state index in [0.29, 0.717) is 6.42 Å². The monoisotopic (exact) mass is 278 g/mol. The normalized spacial score (nSPS) is 14.2. The number of likely N-dealkylation sites (N-methyl/N-ethyl adjacent to an activating group) is 1. The Morgan fingerprint density at radius 1 is 1.30 bits per heavy atom.